The molecule has 0 radical (unpaired) electrons. The van der Waals surface area contributed by atoms with Crippen LogP contribution in [0.25, 0.3) is 0 Å². The largest absolute Gasteiger partial charge is 0.469 e. The van der Waals surface area contributed by atoms with Crippen LogP contribution >= 0.6 is 0 Å². The Hall–Kier alpha value is -2.37. The molecule has 6 nitrogen and oxygen atoms in total. The Bertz CT molecular complexity index is 548. The molecule has 20 heavy (non-hydrogen) atoms. The van der Waals surface area contributed by atoms with Crippen LogP contribution in [0.3, 0.4) is 0 Å². The van der Waals surface area contributed by atoms with Crippen LogP contribution in [-0.2, 0) is 11.2 Å². The topological polar surface area (TPSA) is 62.5 Å². The first-order valence-corrected chi connectivity index (χ1v) is 6.65. The van der Waals surface area contributed by atoms with Crippen LogP contribution in [0.4, 0.5) is 5.95 Å². The van der Waals surface area contributed by atoms with Crippen molar-refractivity contribution >= 4 is 11.9 Å². The smallest absolute Gasteiger partial charge is 0.230 e. The van der Waals surface area contributed by atoms with Crippen molar-refractivity contribution in [2.75, 3.05) is 31.1 Å². The van der Waals surface area contributed by atoms with Crippen LogP contribution in [-0.4, -0.2) is 47.0 Å². The van der Waals surface area contributed by atoms with Crippen molar-refractivity contribution in [3.8, 4) is 0 Å². The zero-order valence-electron chi connectivity index (χ0n) is 11.1. The lowest BCUT2D eigenvalue weighted by molar-refractivity contribution is -0.131. The molecule has 0 spiro atoms. The van der Waals surface area contributed by atoms with Crippen molar-refractivity contribution in [3.05, 3.63) is 42.6 Å². The lowest BCUT2D eigenvalue weighted by atomic mass is 10.2. The van der Waals surface area contributed by atoms with Gasteiger partial charge in [0.2, 0.25) is 11.9 Å². The second kappa shape index (κ2) is 5.73. The fourth-order valence-corrected chi connectivity index (χ4v) is 2.28. The van der Waals surface area contributed by atoms with Crippen molar-refractivity contribution in [3.63, 3.8) is 0 Å². The van der Waals surface area contributed by atoms with Gasteiger partial charge < -0.3 is 14.2 Å². The molecule has 1 aliphatic rings. The quantitative estimate of drug-likeness (QED) is 0.833. The van der Waals surface area contributed by atoms with E-state index in [4.69, 9.17) is 4.42 Å². The van der Waals surface area contributed by atoms with Crippen LogP contribution in [0, 0.1) is 0 Å². The molecule has 1 amide bonds. The molecule has 0 aromatic carbocycles. The van der Waals surface area contributed by atoms with Crippen LogP contribution in [0.1, 0.15) is 5.76 Å². The number of nitrogens with zero attached hydrogens (tertiary/aromatic N) is 4. The summed E-state index contributed by atoms with van der Waals surface area (Å²) in [7, 11) is 0. The van der Waals surface area contributed by atoms with E-state index in [2.05, 4.69) is 14.9 Å². The fourth-order valence-electron chi connectivity index (χ4n) is 2.28. The number of hydrogen-bond donors (Lipinski definition) is 0. The van der Waals surface area contributed by atoms with Gasteiger partial charge in [-0.2, -0.15) is 0 Å². The number of piperazine rings is 1. The van der Waals surface area contributed by atoms with E-state index in [1.54, 1.807) is 30.8 Å². The summed E-state index contributed by atoms with van der Waals surface area (Å²) in [4.78, 5) is 24.5. The molecular weight excluding hydrogens is 256 g/mol. The van der Waals surface area contributed by atoms with Gasteiger partial charge in [-0.15, -0.1) is 0 Å². The zero-order chi connectivity index (χ0) is 13.8. The van der Waals surface area contributed by atoms with Crippen LogP contribution in [0.5, 0.6) is 0 Å². The van der Waals surface area contributed by atoms with Gasteiger partial charge in [0, 0.05) is 38.6 Å². The summed E-state index contributed by atoms with van der Waals surface area (Å²) in [5.74, 6) is 1.54. The van der Waals surface area contributed by atoms with Gasteiger partial charge >= 0.3 is 0 Å². The Morgan fingerprint density at radius 2 is 1.90 bits per heavy atom. The number of amides is 1. The van der Waals surface area contributed by atoms with E-state index in [0.29, 0.717) is 25.3 Å². The maximum Gasteiger partial charge on any atom is 0.230 e. The zero-order valence-corrected chi connectivity index (χ0v) is 11.1. The third-order valence-corrected chi connectivity index (χ3v) is 3.37. The Kier molecular flexibility index (Phi) is 3.62. The lowest BCUT2D eigenvalue weighted by Gasteiger charge is -2.34. The number of anilines is 1. The minimum absolute atomic E-state index is 0.105. The molecule has 2 aromatic heterocycles. The molecule has 0 aliphatic carbocycles. The molecule has 0 N–H and O–H groups in total. The van der Waals surface area contributed by atoms with E-state index < -0.39 is 0 Å². The second-order valence-corrected chi connectivity index (χ2v) is 4.67. The number of hydrogen-bond acceptors (Lipinski definition) is 5. The average Bonchev–Trinajstić information content (AvgIpc) is 3.01. The van der Waals surface area contributed by atoms with Crippen LogP contribution < -0.4 is 4.90 Å². The third-order valence-electron chi connectivity index (χ3n) is 3.37. The van der Waals surface area contributed by atoms with Gasteiger partial charge in [0.1, 0.15) is 5.76 Å². The predicted octanol–water partition coefficient (Wildman–Crippen LogP) is 0.961. The molecule has 6 heteroatoms. The minimum Gasteiger partial charge on any atom is -0.469 e. The molecule has 3 heterocycles. The van der Waals surface area contributed by atoms with Crippen molar-refractivity contribution in [1.29, 1.82) is 0 Å². The van der Waals surface area contributed by atoms with Gasteiger partial charge in [-0.1, -0.05) is 0 Å². The molecule has 1 saturated heterocycles. The average molecular weight is 272 g/mol. The van der Waals surface area contributed by atoms with E-state index in [1.807, 2.05) is 11.0 Å². The molecule has 2 aromatic rings. The van der Waals surface area contributed by atoms with Gasteiger partial charge in [0.25, 0.3) is 0 Å². The summed E-state index contributed by atoms with van der Waals surface area (Å²) in [6.07, 6.45) is 5.38. The highest BCUT2D eigenvalue weighted by molar-refractivity contribution is 5.78. The van der Waals surface area contributed by atoms with Gasteiger partial charge in [0.05, 0.1) is 12.7 Å². The second-order valence-electron chi connectivity index (χ2n) is 4.67. The number of aromatic nitrogens is 2. The van der Waals surface area contributed by atoms with Gasteiger partial charge in [-0.05, 0) is 18.2 Å². The van der Waals surface area contributed by atoms with E-state index in [9.17, 15) is 4.79 Å². The summed E-state index contributed by atoms with van der Waals surface area (Å²) >= 11 is 0. The molecular formula is C14H16N4O2. The molecule has 0 saturated carbocycles. The fraction of sp³-hybridized carbons (Fsp3) is 0.357. The maximum atomic E-state index is 12.1. The molecule has 0 bridgehead atoms. The Morgan fingerprint density at radius 3 is 2.55 bits per heavy atom. The minimum atomic E-state index is 0.105. The first kappa shape index (κ1) is 12.7. The first-order chi connectivity index (χ1) is 9.83. The van der Waals surface area contributed by atoms with Crippen molar-refractivity contribution in [1.82, 2.24) is 14.9 Å². The van der Waals surface area contributed by atoms with Gasteiger partial charge in [-0.3, -0.25) is 4.79 Å². The lowest BCUT2D eigenvalue weighted by Crippen LogP contribution is -2.49. The Balaban J connectivity index is 1.54. The van der Waals surface area contributed by atoms with E-state index in [1.165, 1.54) is 0 Å². The summed E-state index contributed by atoms with van der Waals surface area (Å²) in [5, 5.41) is 0. The molecule has 0 atom stereocenters. The Labute approximate surface area is 117 Å². The standard InChI is InChI=1S/C14H16N4O2/c19-13(11-12-3-1-10-20-12)17-6-8-18(9-7-17)14-15-4-2-5-16-14/h1-5,10H,6-9,11H2. The molecule has 0 unspecified atom stereocenters. The summed E-state index contributed by atoms with van der Waals surface area (Å²) < 4.78 is 5.21. The summed E-state index contributed by atoms with van der Waals surface area (Å²) in [5.41, 5.74) is 0. The summed E-state index contributed by atoms with van der Waals surface area (Å²) in [6, 6.07) is 5.42. The normalized spacial score (nSPS) is 15.4. The van der Waals surface area contributed by atoms with Crippen LogP contribution in [0.2, 0.25) is 0 Å². The third kappa shape index (κ3) is 2.79. The van der Waals surface area contributed by atoms with Crippen LogP contribution in [0.15, 0.2) is 41.3 Å². The SMILES string of the molecule is O=C(Cc1ccco1)N1CCN(c2ncccn2)CC1. The number of carbonyl (C=O) groups is 1. The monoisotopic (exact) mass is 272 g/mol. The highest BCUT2D eigenvalue weighted by Gasteiger charge is 2.22. The predicted molar refractivity (Wildman–Crippen MR) is 73.2 cm³/mol. The first-order valence-electron chi connectivity index (χ1n) is 6.65. The highest BCUT2D eigenvalue weighted by atomic mass is 16.3. The summed E-state index contributed by atoms with van der Waals surface area (Å²) in [6.45, 7) is 2.90. The molecule has 1 aliphatic heterocycles. The number of rotatable bonds is 3. The molecule has 104 valence electrons. The Morgan fingerprint density at radius 1 is 1.15 bits per heavy atom. The van der Waals surface area contributed by atoms with Crippen molar-refractivity contribution in [2.45, 2.75) is 6.42 Å². The number of furan rings is 1. The van der Waals surface area contributed by atoms with E-state index in [-0.39, 0.29) is 5.91 Å². The van der Waals surface area contributed by atoms with E-state index >= 15 is 0 Å². The van der Waals surface area contributed by atoms with Crippen molar-refractivity contribution < 1.29 is 9.21 Å². The highest BCUT2D eigenvalue weighted by Crippen LogP contribution is 2.11. The van der Waals surface area contributed by atoms with Gasteiger partial charge in [0.15, 0.2) is 0 Å². The molecule has 1 fully saturated rings. The molecule has 3 rings (SSSR count). The maximum absolute atomic E-state index is 12.1. The van der Waals surface area contributed by atoms with Gasteiger partial charge in [-0.25, -0.2) is 9.97 Å². The van der Waals surface area contributed by atoms with E-state index in [0.717, 1.165) is 19.0 Å². The van der Waals surface area contributed by atoms with Crippen molar-refractivity contribution in [2.24, 2.45) is 0 Å². The number of carbonyl (C=O) groups excluding carboxylic acids is 1.